The summed E-state index contributed by atoms with van der Waals surface area (Å²) < 4.78 is 21.2. The fourth-order valence-electron chi connectivity index (χ4n) is 5.14. The Morgan fingerprint density at radius 3 is 2.51 bits per heavy atom. The van der Waals surface area contributed by atoms with Crippen LogP contribution in [0.1, 0.15) is 35.2 Å². The number of carbonyl (C=O) groups is 1. The van der Waals surface area contributed by atoms with Crippen molar-refractivity contribution in [3.63, 3.8) is 0 Å². The summed E-state index contributed by atoms with van der Waals surface area (Å²) in [4.78, 5) is 18.6. The van der Waals surface area contributed by atoms with Gasteiger partial charge < -0.3 is 19.5 Å². The zero-order valence-electron chi connectivity index (χ0n) is 25.4. The minimum atomic E-state index is -0.680. The lowest BCUT2D eigenvalue weighted by Gasteiger charge is -2.29. The minimum absolute atomic E-state index is 0.127. The molecule has 1 aromatic heterocycles. The van der Waals surface area contributed by atoms with Gasteiger partial charge in [-0.1, -0.05) is 100.0 Å². The Labute approximate surface area is 298 Å². The monoisotopic (exact) mass is 794 g/mol. The smallest absolute Gasteiger partial charge is 0.338 e. The van der Waals surface area contributed by atoms with Gasteiger partial charge in [0.1, 0.15) is 19.3 Å². The standard InChI is InChI=1S/C35H29Br2ClN4O4S/c1-21-30(33(43)46-18-22-9-4-3-5-10-22)31(42-34(39-21)40-35(41-42)47-20-24-12-6-7-14-28(24)38)25-16-27(37)32(29(17-25)44-2)45-19-23-11-8-13-26(36)15-23/h3-17,31H,18-20H2,1-2H3,(H,39,40,41). The molecule has 0 spiro atoms. The molecule has 0 saturated heterocycles. The normalized spacial score (nSPS) is 13.9. The third-order valence-electron chi connectivity index (χ3n) is 7.42. The molecule has 8 nitrogen and oxygen atoms in total. The van der Waals surface area contributed by atoms with Crippen molar-refractivity contribution in [2.75, 3.05) is 12.4 Å². The SMILES string of the molecule is COc1cc(C2C(C(=O)OCc3ccccc3)=C(C)Nc3nc(SCc4ccccc4Cl)nn32)cc(Br)c1OCc1cccc(Br)c1. The lowest BCUT2D eigenvalue weighted by Crippen LogP contribution is -2.29. The predicted octanol–water partition coefficient (Wildman–Crippen LogP) is 9.37. The Balaban J connectivity index is 1.35. The van der Waals surface area contributed by atoms with Crippen molar-refractivity contribution in [3.05, 3.63) is 138 Å². The fourth-order valence-corrected chi connectivity index (χ4v) is 7.28. The van der Waals surface area contributed by atoms with Gasteiger partial charge in [-0.25, -0.2) is 9.48 Å². The first-order chi connectivity index (χ1) is 22.8. The summed E-state index contributed by atoms with van der Waals surface area (Å²) in [5, 5.41) is 9.35. The number of halogens is 3. The second kappa shape index (κ2) is 15.0. The average molecular weight is 797 g/mol. The highest BCUT2D eigenvalue weighted by molar-refractivity contribution is 9.10. The van der Waals surface area contributed by atoms with E-state index in [1.165, 1.54) is 11.8 Å². The Morgan fingerprint density at radius 1 is 0.979 bits per heavy atom. The van der Waals surface area contributed by atoms with E-state index in [4.69, 9.17) is 35.9 Å². The van der Waals surface area contributed by atoms with Gasteiger partial charge in [0, 0.05) is 20.9 Å². The highest BCUT2D eigenvalue weighted by Gasteiger charge is 2.36. The average Bonchev–Trinajstić information content (AvgIpc) is 3.48. The maximum atomic E-state index is 13.9. The number of benzene rings is 4. The van der Waals surface area contributed by atoms with Crippen LogP contribution in [0.5, 0.6) is 11.5 Å². The molecule has 0 aliphatic carbocycles. The van der Waals surface area contributed by atoms with Gasteiger partial charge in [0.2, 0.25) is 11.1 Å². The van der Waals surface area contributed by atoms with Crippen molar-refractivity contribution < 1.29 is 19.0 Å². The molecule has 1 atom stereocenters. The number of methoxy groups -OCH3 is 1. The molecule has 5 aromatic rings. The summed E-state index contributed by atoms with van der Waals surface area (Å²) in [6, 6.07) is 28.2. The number of carbonyl (C=O) groups excluding carboxylic acids is 1. The number of fused-ring (bicyclic) bond motifs is 1. The van der Waals surface area contributed by atoms with Crippen LogP contribution in [-0.4, -0.2) is 27.8 Å². The fraction of sp³-hybridized carbons (Fsp3) is 0.171. The van der Waals surface area contributed by atoms with Gasteiger partial charge in [0.15, 0.2) is 11.5 Å². The van der Waals surface area contributed by atoms with Crippen LogP contribution in [0.4, 0.5) is 5.95 Å². The van der Waals surface area contributed by atoms with Crippen molar-refractivity contribution in [1.82, 2.24) is 14.8 Å². The molecular weight excluding hydrogens is 768 g/mol. The van der Waals surface area contributed by atoms with E-state index in [0.29, 0.717) is 55.7 Å². The van der Waals surface area contributed by atoms with Gasteiger partial charge >= 0.3 is 5.97 Å². The first-order valence-corrected chi connectivity index (χ1v) is 17.5. The molecule has 6 rings (SSSR count). The predicted molar refractivity (Wildman–Crippen MR) is 191 cm³/mol. The number of allylic oxidation sites excluding steroid dienone is 1. The molecule has 47 heavy (non-hydrogen) atoms. The summed E-state index contributed by atoms with van der Waals surface area (Å²) >= 11 is 15.1. The van der Waals surface area contributed by atoms with Crippen molar-refractivity contribution in [3.8, 4) is 11.5 Å². The van der Waals surface area contributed by atoms with E-state index in [9.17, 15) is 4.79 Å². The number of nitrogens with zero attached hydrogens (tertiary/aromatic N) is 3. The number of aromatic nitrogens is 3. The molecular formula is C35H29Br2ClN4O4S. The molecule has 1 N–H and O–H groups in total. The van der Waals surface area contributed by atoms with Crippen LogP contribution in [0, 0.1) is 0 Å². The topological polar surface area (TPSA) is 87.5 Å². The number of esters is 1. The third kappa shape index (κ3) is 7.70. The Bertz CT molecular complexity index is 1950. The first-order valence-electron chi connectivity index (χ1n) is 14.6. The van der Waals surface area contributed by atoms with Crippen LogP contribution in [0.3, 0.4) is 0 Å². The zero-order valence-corrected chi connectivity index (χ0v) is 30.1. The number of nitrogens with one attached hydrogen (secondary N) is 1. The number of thioether (sulfide) groups is 1. The molecule has 1 unspecified atom stereocenters. The van der Waals surface area contributed by atoms with E-state index in [1.807, 2.05) is 97.9 Å². The van der Waals surface area contributed by atoms with E-state index >= 15 is 0 Å². The lowest BCUT2D eigenvalue weighted by molar-refractivity contribution is -0.140. The second-order valence-electron chi connectivity index (χ2n) is 10.6. The number of ether oxygens (including phenoxy) is 3. The van der Waals surface area contributed by atoms with Crippen molar-refractivity contribution >= 4 is 67.1 Å². The van der Waals surface area contributed by atoms with Crippen LogP contribution in [-0.2, 0) is 28.5 Å². The highest BCUT2D eigenvalue weighted by atomic mass is 79.9. The number of rotatable bonds is 11. The van der Waals surface area contributed by atoms with Gasteiger partial charge in [0.25, 0.3) is 0 Å². The molecule has 4 aromatic carbocycles. The van der Waals surface area contributed by atoms with E-state index in [1.54, 1.807) is 11.8 Å². The molecule has 2 heterocycles. The molecule has 0 fully saturated rings. The van der Waals surface area contributed by atoms with Crippen molar-refractivity contribution in [2.45, 2.75) is 37.1 Å². The van der Waals surface area contributed by atoms with Crippen LogP contribution in [0.25, 0.3) is 0 Å². The summed E-state index contributed by atoms with van der Waals surface area (Å²) in [5.41, 5.74) is 4.59. The number of anilines is 1. The molecule has 240 valence electrons. The van der Waals surface area contributed by atoms with Crippen LogP contribution >= 0.6 is 55.2 Å². The Morgan fingerprint density at radius 2 is 1.74 bits per heavy atom. The third-order valence-corrected chi connectivity index (χ3v) is 9.76. The van der Waals surface area contributed by atoms with Crippen molar-refractivity contribution in [1.29, 1.82) is 0 Å². The van der Waals surface area contributed by atoms with E-state index in [-0.39, 0.29) is 6.61 Å². The Hall–Kier alpha value is -3.77. The van der Waals surface area contributed by atoms with E-state index in [0.717, 1.165) is 26.7 Å². The second-order valence-corrected chi connectivity index (χ2v) is 13.7. The van der Waals surface area contributed by atoms with Crippen LogP contribution in [0.2, 0.25) is 5.02 Å². The lowest BCUT2D eigenvalue weighted by atomic mass is 9.95. The minimum Gasteiger partial charge on any atom is -0.493 e. The summed E-state index contributed by atoms with van der Waals surface area (Å²) in [5.74, 6) is 1.64. The molecule has 0 saturated carbocycles. The molecule has 1 aliphatic heterocycles. The molecule has 0 radical (unpaired) electrons. The summed E-state index contributed by atoms with van der Waals surface area (Å²) in [6.07, 6.45) is 0. The van der Waals surface area contributed by atoms with E-state index < -0.39 is 12.0 Å². The van der Waals surface area contributed by atoms with Crippen LogP contribution in [0.15, 0.2) is 116 Å². The van der Waals surface area contributed by atoms with E-state index in [2.05, 4.69) is 37.2 Å². The van der Waals surface area contributed by atoms with Gasteiger partial charge in [-0.05, 0) is 75.4 Å². The molecule has 0 bridgehead atoms. The van der Waals surface area contributed by atoms with Crippen LogP contribution < -0.4 is 14.8 Å². The van der Waals surface area contributed by atoms with Gasteiger partial charge in [0.05, 0.1) is 17.2 Å². The van der Waals surface area contributed by atoms with Crippen molar-refractivity contribution in [2.24, 2.45) is 0 Å². The maximum Gasteiger partial charge on any atom is 0.338 e. The van der Waals surface area contributed by atoms with Gasteiger partial charge in [-0.3, -0.25) is 0 Å². The quantitative estimate of drug-likeness (QED) is 0.105. The maximum absolute atomic E-state index is 13.9. The van der Waals surface area contributed by atoms with Gasteiger partial charge in [-0.2, -0.15) is 4.98 Å². The largest absolute Gasteiger partial charge is 0.493 e. The zero-order chi connectivity index (χ0) is 32.9. The molecule has 12 heteroatoms. The highest BCUT2D eigenvalue weighted by Crippen LogP contribution is 2.44. The molecule has 0 amide bonds. The number of hydrogen-bond acceptors (Lipinski definition) is 8. The summed E-state index contributed by atoms with van der Waals surface area (Å²) in [7, 11) is 1.58. The first kappa shape index (κ1) is 33.1. The Kier molecular flexibility index (Phi) is 10.6. The number of hydrogen-bond donors (Lipinski definition) is 1. The summed E-state index contributed by atoms with van der Waals surface area (Å²) in [6.45, 7) is 2.29. The van der Waals surface area contributed by atoms with Gasteiger partial charge in [-0.15, -0.1) is 5.10 Å². The molecule has 1 aliphatic rings.